The van der Waals surface area contributed by atoms with Gasteiger partial charge in [-0.1, -0.05) is 0 Å². The molecule has 3 rings (SSSR count). The Labute approximate surface area is 125 Å². The van der Waals surface area contributed by atoms with Crippen LogP contribution in [0, 0.1) is 17.6 Å². The maximum absolute atomic E-state index is 14.0. The van der Waals surface area contributed by atoms with Gasteiger partial charge in [0.1, 0.15) is 17.5 Å². The average Bonchev–Trinajstić information content (AvgIpc) is 2.97. The van der Waals surface area contributed by atoms with E-state index in [4.69, 9.17) is 0 Å². The molecule has 0 radical (unpaired) electrons. The molecule has 2 heterocycles. The second-order valence-corrected chi connectivity index (χ2v) is 5.61. The predicted molar refractivity (Wildman–Crippen MR) is 76.5 cm³/mol. The molecule has 1 saturated heterocycles. The van der Waals surface area contributed by atoms with Crippen LogP contribution in [-0.4, -0.2) is 26.8 Å². The molecule has 22 heavy (non-hydrogen) atoms. The predicted octanol–water partition coefficient (Wildman–Crippen LogP) is 0.882. The van der Waals surface area contributed by atoms with Gasteiger partial charge in [0.15, 0.2) is 0 Å². The number of rotatable bonds is 3. The van der Waals surface area contributed by atoms with Crippen LogP contribution in [0.5, 0.6) is 0 Å². The Bertz CT molecular complexity index is 731. The lowest BCUT2D eigenvalue weighted by molar-refractivity contribution is 0.429. The van der Waals surface area contributed by atoms with Crippen molar-refractivity contribution in [3.8, 4) is 5.69 Å². The fraction of sp³-hybridized carbons (Fsp3) is 0.429. The number of H-pyrrole nitrogens is 1. The molecule has 1 aliphatic heterocycles. The number of hydrogen-bond acceptors (Lipinski definition) is 4. The summed E-state index contributed by atoms with van der Waals surface area (Å²) in [5.41, 5.74) is 5.70. The number of nitrogens with one attached hydrogen (secondary N) is 3. The number of aromatic nitrogens is 3. The minimum Gasteiger partial charge on any atom is -0.254 e. The Hall–Kier alpha value is -2.06. The molecule has 0 aliphatic carbocycles. The van der Waals surface area contributed by atoms with Crippen LogP contribution in [0.4, 0.5) is 8.78 Å². The van der Waals surface area contributed by atoms with Crippen molar-refractivity contribution in [2.24, 2.45) is 5.92 Å². The Morgan fingerprint density at radius 1 is 1.23 bits per heavy atom. The van der Waals surface area contributed by atoms with Gasteiger partial charge in [0.25, 0.3) is 0 Å². The lowest BCUT2D eigenvalue weighted by Gasteiger charge is -2.17. The smallest absolute Gasteiger partial charge is 0.254 e. The molecule has 1 aliphatic rings. The highest BCUT2D eigenvalue weighted by molar-refractivity contribution is 5.34. The lowest BCUT2D eigenvalue weighted by Crippen LogP contribution is -2.30. The van der Waals surface area contributed by atoms with Gasteiger partial charge in [0.05, 0.1) is 5.69 Å². The quantitative estimate of drug-likeness (QED) is 0.787. The van der Waals surface area contributed by atoms with Crippen LogP contribution in [-0.2, 0) is 6.42 Å². The van der Waals surface area contributed by atoms with Crippen molar-refractivity contribution in [2.75, 3.05) is 0 Å². The monoisotopic (exact) mass is 309 g/mol. The van der Waals surface area contributed by atoms with Gasteiger partial charge < -0.3 is 0 Å². The molecule has 0 spiro atoms. The van der Waals surface area contributed by atoms with Crippen molar-refractivity contribution in [3.05, 3.63) is 46.1 Å². The summed E-state index contributed by atoms with van der Waals surface area (Å²) in [4.78, 5) is 12.0. The molecule has 1 aromatic heterocycles. The maximum Gasteiger partial charge on any atom is 0.348 e. The number of hydrogen-bond donors (Lipinski definition) is 3. The molecule has 118 valence electrons. The van der Waals surface area contributed by atoms with Gasteiger partial charge in [-0.2, -0.15) is 5.10 Å². The maximum atomic E-state index is 14.0. The van der Waals surface area contributed by atoms with Crippen LogP contribution in [0.25, 0.3) is 5.69 Å². The largest absolute Gasteiger partial charge is 0.348 e. The number of halogens is 2. The first-order chi connectivity index (χ1) is 10.5. The minimum atomic E-state index is -0.798. The van der Waals surface area contributed by atoms with Crippen LogP contribution in [0.2, 0.25) is 0 Å². The topological polar surface area (TPSA) is 74.7 Å². The number of benzene rings is 1. The summed E-state index contributed by atoms with van der Waals surface area (Å²) < 4.78 is 28.2. The van der Waals surface area contributed by atoms with Crippen molar-refractivity contribution in [2.45, 2.75) is 32.4 Å². The third-order valence-electron chi connectivity index (χ3n) is 4.13. The second kappa shape index (κ2) is 5.62. The van der Waals surface area contributed by atoms with Crippen LogP contribution in [0.3, 0.4) is 0 Å². The summed E-state index contributed by atoms with van der Waals surface area (Å²) >= 11 is 0. The molecule has 8 heteroatoms. The first-order valence-corrected chi connectivity index (χ1v) is 7.10. The first kappa shape index (κ1) is 14.9. The van der Waals surface area contributed by atoms with E-state index in [1.165, 1.54) is 6.07 Å². The minimum absolute atomic E-state index is 0.00521. The fourth-order valence-corrected chi connectivity index (χ4v) is 2.85. The molecule has 0 saturated carbocycles. The van der Waals surface area contributed by atoms with Gasteiger partial charge in [-0.3, -0.25) is 10.9 Å². The molecule has 1 fully saturated rings. The van der Waals surface area contributed by atoms with Crippen LogP contribution in [0.15, 0.2) is 23.0 Å². The Morgan fingerprint density at radius 2 is 1.91 bits per heavy atom. The van der Waals surface area contributed by atoms with E-state index >= 15 is 0 Å². The third-order valence-corrected chi connectivity index (χ3v) is 4.13. The van der Waals surface area contributed by atoms with E-state index in [0.29, 0.717) is 12.2 Å². The Balaban J connectivity index is 1.99. The molecule has 6 nitrogen and oxygen atoms in total. The number of nitrogens with zero attached hydrogens (tertiary/aromatic N) is 2. The van der Waals surface area contributed by atoms with Gasteiger partial charge in [0, 0.05) is 24.6 Å². The van der Waals surface area contributed by atoms with Crippen molar-refractivity contribution in [1.82, 2.24) is 25.6 Å². The van der Waals surface area contributed by atoms with E-state index in [9.17, 15) is 13.6 Å². The van der Waals surface area contributed by atoms with Crippen molar-refractivity contribution >= 4 is 0 Å². The zero-order chi connectivity index (χ0) is 15.9. The molecule has 2 aromatic rings. The van der Waals surface area contributed by atoms with Gasteiger partial charge in [0.2, 0.25) is 0 Å². The van der Waals surface area contributed by atoms with Crippen molar-refractivity contribution in [1.29, 1.82) is 0 Å². The van der Waals surface area contributed by atoms with Gasteiger partial charge >= 0.3 is 5.69 Å². The molecular weight excluding hydrogens is 292 g/mol. The Kier molecular flexibility index (Phi) is 3.79. The molecule has 3 N–H and O–H groups in total. The highest BCUT2D eigenvalue weighted by Gasteiger charge is 2.31. The fourth-order valence-electron chi connectivity index (χ4n) is 2.85. The average molecular weight is 309 g/mol. The second-order valence-electron chi connectivity index (χ2n) is 5.61. The van der Waals surface area contributed by atoms with E-state index in [1.807, 2.05) is 13.8 Å². The summed E-state index contributed by atoms with van der Waals surface area (Å²) in [6, 6.07) is 3.48. The zero-order valence-corrected chi connectivity index (χ0v) is 12.2. The van der Waals surface area contributed by atoms with Gasteiger partial charge in [-0.15, -0.1) is 0 Å². The van der Waals surface area contributed by atoms with Gasteiger partial charge in [-0.05, 0) is 31.9 Å². The zero-order valence-electron chi connectivity index (χ0n) is 12.2. The number of hydrazine groups is 1. The summed E-state index contributed by atoms with van der Waals surface area (Å²) in [6.45, 7) is 4.05. The first-order valence-electron chi connectivity index (χ1n) is 7.10. The van der Waals surface area contributed by atoms with E-state index in [-0.39, 0.29) is 23.7 Å². The summed E-state index contributed by atoms with van der Waals surface area (Å²) in [6.07, 6.45) is 0.484. The summed E-state index contributed by atoms with van der Waals surface area (Å²) in [7, 11) is 0. The van der Waals surface area contributed by atoms with Crippen LogP contribution in [0.1, 0.15) is 19.7 Å². The normalized spacial score (nSPS) is 24.8. The molecule has 2 atom stereocenters. The molecular formula is C14H17F2N5O. The molecule has 0 bridgehead atoms. The highest BCUT2D eigenvalue weighted by atomic mass is 19.1. The summed E-state index contributed by atoms with van der Waals surface area (Å²) in [5.74, 6) is -0.874. The lowest BCUT2D eigenvalue weighted by atomic mass is 9.93. The molecule has 0 amide bonds. The van der Waals surface area contributed by atoms with E-state index < -0.39 is 17.3 Å². The number of aromatic amines is 1. The Morgan fingerprint density at radius 3 is 2.55 bits per heavy atom. The van der Waals surface area contributed by atoms with E-state index in [0.717, 1.165) is 16.7 Å². The highest BCUT2D eigenvalue weighted by Crippen LogP contribution is 2.21. The van der Waals surface area contributed by atoms with Gasteiger partial charge in [-0.25, -0.2) is 23.2 Å². The third kappa shape index (κ3) is 2.55. The standard InChI is InChI=1S/C14H17F2N5O/c1-7-10(8(2)18-17-7)6-13-19-20-14(22)21(13)12-4-3-9(15)5-11(12)16/h3-5,7-8,10,17-18H,6H2,1-2H3,(H,20,22). The van der Waals surface area contributed by atoms with Crippen molar-refractivity contribution < 1.29 is 8.78 Å². The van der Waals surface area contributed by atoms with E-state index in [2.05, 4.69) is 21.0 Å². The van der Waals surface area contributed by atoms with Crippen molar-refractivity contribution in [3.63, 3.8) is 0 Å². The molecule has 2 unspecified atom stereocenters. The molecule has 1 aromatic carbocycles. The van der Waals surface area contributed by atoms with E-state index in [1.54, 1.807) is 0 Å². The van der Waals surface area contributed by atoms with Crippen LogP contribution >= 0.6 is 0 Å². The van der Waals surface area contributed by atoms with Crippen LogP contribution < -0.4 is 16.5 Å². The summed E-state index contributed by atoms with van der Waals surface area (Å²) in [5, 5.41) is 6.33. The SMILES string of the molecule is CC1NNC(C)C1Cc1n[nH]c(=O)n1-c1ccc(F)cc1F.